The van der Waals surface area contributed by atoms with Crippen LogP contribution in [0, 0.1) is 18.6 Å². The molecular weight excluding hydrogens is 580 g/mol. The summed E-state index contributed by atoms with van der Waals surface area (Å²) in [6.45, 7) is 4.65. The quantitative estimate of drug-likeness (QED) is 0.248. The number of carboxylic acids is 2. The van der Waals surface area contributed by atoms with Crippen LogP contribution in [0.3, 0.4) is 0 Å². The Balaban J connectivity index is 0.000000436. The van der Waals surface area contributed by atoms with Gasteiger partial charge in [-0.15, -0.1) is 0 Å². The molecule has 0 aromatic heterocycles. The Hall–Kier alpha value is -3.77. The van der Waals surface area contributed by atoms with Crippen molar-refractivity contribution in [3.63, 3.8) is 0 Å². The zero-order chi connectivity index (χ0) is 31.5. The van der Waals surface area contributed by atoms with Crippen molar-refractivity contribution in [3.05, 3.63) is 112 Å². The van der Waals surface area contributed by atoms with E-state index in [4.69, 9.17) is 20.4 Å². The maximum absolute atomic E-state index is 13.4. The third kappa shape index (κ3) is 10.2. The number of hydrogen-bond donors (Lipinski definition) is 4. The summed E-state index contributed by atoms with van der Waals surface area (Å²) >= 11 is 0. The Kier molecular flexibility index (Phi) is 12.7. The van der Waals surface area contributed by atoms with Gasteiger partial charge in [0, 0.05) is 28.8 Å². The fourth-order valence-electron chi connectivity index (χ4n) is 4.58. The molecule has 0 fully saturated rings. The van der Waals surface area contributed by atoms with Crippen LogP contribution in [0.4, 0.5) is 8.78 Å². The van der Waals surface area contributed by atoms with Crippen LogP contribution in [0.25, 0.3) is 0 Å². The number of aliphatic carboxylic acids is 2. The lowest BCUT2D eigenvalue weighted by Crippen LogP contribution is -2.39. The molecule has 0 spiro atoms. The van der Waals surface area contributed by atoms with Gasteiger partial charge in [0.25, 0.3) is 0 Å². The van der Waals surface area contributed by atoms with E-state index in [1.807, 2.05) is 55.5 Å². The van der Waals surface area contributed by atoms with E-state index in [2.05, 4.69) is 11.0 Å². The minimum atomic E-state index is -2.27. The number of benzene rings is 3. The molecule has 43 heavy (non-hydrogen) atoms. The molecule has 0 amide bonds. The number of carbonyl (C=O) groups is 2. The van der Waals surface area contributed by atoms with E-state index in [-0.39, 0.29) is 17.6 Å². The smallest absolute Gasteiger partial charge is 0.335 e. The summed E-state index contributed by atoms with van der Waals surface area (Å²) in [6, 6.07) is 21.1. The van der Waals surface area contributed by atoms with E-state index in [1.165, 1.54) is 29.8 Å². The topological polar surface area (TPSA) is 135 Å². The molecule has 0 saturated carbocycles. The average Bonchev–Trinajstić information content (AvgIpc) is 3.00. The number of aryl methyl sites for hydroxylation is 1. The van der Waals surface area contributed by atoms with Gasteiger partial charge in [0.15, 0.2) is 12.2 Å². The number of aliphatic hydroxyl groups is 2. The Labute approximate surface area is 251 Å². The summed E-state index contributed by atoms with van der Waals surface area (Å²) in [7, 11) is -1.09. The Bertz CT molecular complexity index is 1350. The monoisotopic (exact) mass is 615 g/mol. The molecule has 0 bridgehead atoms. The van der Waals surface area contributed by atoms with Crippen LogP contribution in [-0.4, -0.2) is 73.3 Å². The second-order valence-corrected chi connectivity index (χ2v) is 11.7. The van der Waals surface area contributed by atoms with Crippen LogP contribution in [0.2, 0.25) is 0 Å². The number of carboxylic acid groups (broad SMARTS) is 2. The molecule has 8 nitrogen and oxygen atoms in total. The minimum absolute atomic E-state index is 0.0936. The van der Waals surface area contributed by atoms with Crippen molar-refractivity contribution in [2.75, 3.05) is 19.6 Å². The third-order valence-corrected chi connectivity index (χ3v) is 8.59. The van der Waals surface area contributed by atoms with Gasteiger partial charge in [-0.2, -0.15) is 0 Å². The van der Waals surface area contributed by atoms with Crippen LogP contribution in [-0.2, 0) is 20.4 Å². The first-order valence-corrected chi connectivity index (χ1v) is 14.8. The van der Waals surface area contributed by atoms with Crippen molar-refractivity contribution in [1.29, 1.82) is 0 Å². The van der Waals surface area contributed by atoms with Crippen molar-refractivity contribution < 1.29 is 43.0 Å². The molecule has 1 aliphatic heterocycles. The lowest BCUT2D eigenvalue weighted by Gasteiger charge is -2.27. The summed E-state index contributed by atoms with van der Waals surface area (Å²) in [6.07, 6.45) is 0.231. The van der Waals surface area contributed by atoms with Gasteiger partial charge in [0.2, 0.25) is 0 Å². The normalized spacial score (nSPS) is 15.5. The largest absolute Gasteiger partial charge is 0.479 e. The number of aliphatic hydroxyl groups excluding tert-OH is 2. The Morgan fingerprint density at radius 2 is 1.33 bits per heavy atom. The van der Waals surface area contributed by atoms with Crippen LogP contribution in [0.15, 0.2) is 88.7 Å². The van der Waals surface area contributed by atoms with Gasteiger partial charge in [-0.1, -0.05) is 48.0 Å². The summed E-state index contributed by atoms with van der Waals surface area (Å²) in [5.74, 6) is -3.95. The molecule has 3 unspecified atom stereocenters. The number of rotatable bonds is 11. The summed E-state index contributed by atoms with van der Waals surface area (Å²) in [4.78, 5) is 23.8. The second-order valence-electron chi connectivity index (χ2n) is 10.2. The van der Waals surface area contributed by atoms with E-state index in [0.717, 1.165) is 59.8 Å². The lowest BCUT2D eigenvalue weighted by molar-refractivity contribution is -0.165. The molecule has 3 aromatic rings. The van der Waals surface area contributed by atoms with Gasteiger partial charge >= 0.3 is 11.9 Å². The molecule has 4 N–H and O–H groups in total. The zero-order valence-corrected chi connectivity index (χ0v) is 24.4. The Morgan fingerprint density at radius 3 is 1.74 bits per heavy atom. The molecule has 230 valence electrons. The van der Waals surface area contributed by atoms with Crippen LogP contribution >= 0.6 is 0 Å². The number of nitrogens with zero attached hydrogens (tertiary/aromatic N) is 1. The molecule has 0 saturated heterocycles. The van der Waals surface area contributed by atoms with Crippen molar-refractivity contribution >= 4 is 22.7 Å². The van der Waals surface area contributed by atoms with E-state index in [0.29, 0.717) is 0 Å². The van der Waals surface area contributed by atoms with E-state index in [1.54, 1.807) is 0 Å². The molecule has 1 aliphatic rings. The number of hydrogen-bond acceptors (Lipinski definition) is 6. The highest BCUT2D eigenvalue weighted by Crippen LogP contribution is 2.30. The Morgan fingerprint density at radius 1 is 0.837 bits per heavy atom. The minimum Gasteiger partial charge on any atom is -0.479 e. The first kappa shape index (κ1) is 33.7. The molecule has 3 aromatic carbocycles. The van der Waals surface area contributed by atoms with Gasteiger partial charge in [-0.3, -0.25) is 4.90 Å². The highest BCUT2D eigenvalue weighted by atomic mass is 32.2. The van der Waals surface area contributed by atoms with Crippen LogP contribution < -0.4 is 0 Å². The predicted octanol–water partition coefficient (Wildman–Crippen LogP) is 4.46. The van der Waals surface area contributed by atoms with Gasteiger partial charge < -0.3 is 20.4 Å². The van der Waals surface area contributed by atoms with Crippen molar-refractivity contribution in [2.45, 2.75) is 49.2 Å². The van der Waals surface area contributed by atoms with Gasteiger partial charge in [-0.05, 0) is 80.3 Å². The SMILES string of the molecule is Cc1ccc(S(=O)C2=CCN(CCCC(c3ccc(F)cc3)c3ccc(F)cc3)CC2)cc1.O=C(O)C(O)C(O)C(=O)O. The molecule has 11 heteroatoms. The third-order valence-electron chi connectivity index (χ3n) is 7.04. The maximum atomic E-state index is 13.4. The molecular formula is C32H35F2NO7S. The molecule has 1 heterocycles. The first-order valence-electron chi connectivity index (χ1n) is 13.7. The van der Waals surface area contributed by atoms with Gasteiger partial charge in [0.1, 0.15) is 11.6 Å². The molecule has 4 rings (SSSR count). The summed E-state index contributed by atoms with van der Waals surface area (Å²) in [5.41, 5.74) is 3.24. The second kappa shape index (κ2) is 16.2. The molecule has 0 radical (unpaired) electrons. The summed E-state index contributed by atoms with van der Waals surface area (Å²) in [5, 5.41) is 32.5. The highest BCUT2D eigenvalue weighted by molar-refractivity contribution is 7.89. The molecule has 3 atom stereocenters. The average molecular weight is 616 g/mol. The van der Waals surface area contributed by atoms with Crippen molar-refractivity contribution in [1.82, 2.24) is 4.90 Å². The van der Waals surface area contributed by atoms with Gasteiger partial charge in [0.05, 0.1) is 10.8 Å². The van der Waals surface area contributed by atoms with E-state index >= 15 is 0 Å². The van der Waals surface area contributed by atoms with Crippen LogP contribution in [0.5, 0.6) is 0 Å². The summed E-state index contributed by atoms with van der Waals surface area (Å²) < 4.78 is 39.7. The van der Waals surface area contributed by atoms with E-state index in [9.17, 15) is 22.6 Å². The van der Waals surface area contributed by atoms with E-state index < -0.39 is 34.9 Å². The number of halogens is 2. The standard InChI is InChI=1S/C28H29F2NOS.C4H6O6/c1-21-4-14-26(15-5-21)33(32)27-16-19-31(20-17-27)18-2-3-28(22-6-10-24(29)11-7-22)23-8-12-25(30)13-9-23;5-1(3(7)8)2(6)4(9)10/h4-16,28H,2-3,17-20H2,1H3;1-2,5-6H,(H,7,8)(H,9,10). The first-order chi connectivity index (χ1) is 20.5. The zero-order valence-electron chi connectivity index (χ0n) is 23.6. The highest BCUT2D eigenvalue weighted by Gasteiger charge is 2.29. The molecule has 0 aliphatic carbocycles. The fraction of sp³-hybridized carbons (Fsp3) is 0.312. The fourth-order valence-corrected chi connectivity index (χ4v) is 5.77. The van der Waals surface area contributed by atoms with Crippen molar-refractivity contribution in [2.24, 2.45) is 0 Å². The lowest BCUT2D eigenvalue weighted by atomic mass is 9.87. The maximum Gasteiger partial charge on any atom is 0.335 e. The predicted molar refractivity (Wildman–Crippen MR) is 158 cm³/mol. The van der Waals surface area contributed by atoms with Crippen LogP contribution in [0.1, 0.15) is 41.9 Å². The van der Waals surface area contributed by atoms with Gasteiger partial charge in [-0.25, -0.2) is 22.6 Å². The van der Waals surface area contributed by atoms with Crippen molar-refractivity contribution in [3.8, 4) is 0 Å².